The van der Waals surface area contributed by atoms with E-state index in [9.17, 15) is 4.79 Å². The molecule has 3 aromatic heterocycles. The van der Waals surface area contributed by atoms with Crippen LogP contribution in [0.25, 0.3) is 16.9 Å². The number of aromatic amines is 1. The Labute approximate surface area is 187 Å². The number of nitrogens with zero attached hydrogens (tertiary/aromatic N) is 4. The first kappa shape index (κ1) is 20.3. The molecule has 0 amide bonds. The van der Waals surface area contributed by atoms with Crippen molar-refractivity contribution in [3.05, 3.63) is 77.5 Å². The van der Waals surface area contributed by atoms with Gasteiger partial charge in [-0.15, -0.1) is 0 Å². The first-order valence-corrected chi connectivity index (χ1v) is 11.1. The molecule has 1 aliphatic heterocycles. The molecule has 1 aliphatic rings. The van der Waals surface area contributed by atoms with Gasteiger partial charge in [0.1, 0.15) is 0 Å². The maximum Gasteiger partial charge on any atom is 0.248 e. The van der Waals surface area contributed by atoms with Crippen LogP contribution in [0.3, 0.4) is 0 Å². The van der Waals surface area contributed by atoms with Crippen LogP contribution < -0.4 is 15.8 Å². The average molecular weight is 429 g/mol. The van der Waals surface area contributed by atoms with Gasteiger partial charge in [0, 0.05) is 73.8 Å². The summed E-state index contributed by atoms with van der Waals surface area (Å²) in [5, 5.41) is 3.50. The number of imidazole rings is 1. The summed E-state index contributed by atoms with van der Waals surface area (Å²) in [5.41, 5.74) is 5.66. The molecule has 1 aromatic carbocycles. The number of hydrogen-bond donors (Lipinski definition) is 2. The summed E-state index contributed by atoms with van der Waals surface area (Å²) in [7, 11) is 0. The Kier molecular flexibility index (Phi) is 5.41. The smallest absolute Gasteiger partial charge is 0.248 e. The molecule has 0 unspecified atom stereocenters. The van der Waals surface area contributed by atoms with Crippen LogP contribution in [0.15, 0.2) is 71.9 Å². The summed E-state index contributed by atoms with van der Waals surface area (Å²) < 4.78 is 2.00. The molecule has 7 heteroatoms. The lowest BCUT2D eigenvalue weighted by Crippen LogP contribution is -2.48. The number of aromatic nitrogens is 3. The van der Waals surface area contributed by atoms with Crippen LogP contribution in [0.4, 0.5) is 17.1 Å². The zero-order chi connectivity index (χ0) is 22.1. The summed E-state index contributed by atoms with van der Waals surface area (Å²) in [4.78, 5) is 23.9. The fraction of sp³-hybridized carbons (Fsp3) is 0.280. The van der Waals surface area contributed by atoms with Crippen LogP contribution in [-0.4, -0.2) is 51.5 Å². The highest BCUT2D eigenvalue weighted by molar-refractivity contribution is 5.78. The molecular weight excluding hydrogens is 400 g/mol. The molecule has 164 valence electrons. The minimum atomic E-state index is -0.122. The minimum Gasteiger partial charge on any atom is -0.369 e. The van der Waals surface area contributed by atoms with E-state index in [0.717, 1.165) is 54.5 Å². The predicted molar refractivity (Wildman–Crippen MR) is 130 cm³/mol. The van der Waals surface area contributed by atoms with E-state index >= 15 is 0 Å². The van der Waals surface area contributed by atoms with Gasteiger partial charge in [-0.05, 0) is 56.3 Å². The lowest BCUT2D eigenvalue weighted by molar-refractivity contribution is 0.209. The van der Waals surface area contributed by atoms with Crippen molar-refractivity contribution in [3.63, 3.8) is 0 Å². The molecule has 7 nitrogen and oxygen atoms in total. The summed E-state index contributed by atoms with van der Waals surface area (Å²) in [5.74, 6) is 0. The third-order valence-corrected chi connectivity index (χ3v) is 6.18. The van der Waals surface area contributed by atoms with Gasteiger partial charge in [0.05, 0.1) is 11.4 Å². The van der Waals surface area contributed by atoms with E-state index in [-0.39, 0.29) is 5.56 Å². The Bertz CT molecular complexity index is 1270. The summed E-state index contributed by atoms with van der Waals surface area (Å²) in [6, 6.07) is 16.7. The second kappa shape index (κ2) is 8.51. The maximum atomic E-state index is 11.7. The quantitative estimate of drug-likeness (QED) is 0.504. The Morgan fingerprint density at radius 2 is 1.78 bits per heavy atom. The van der Waals surface area contributed by atoms with Crippen molar-refractivity contribution in [1.29, 1.82) is 0 Å². The number of nitrogens with one attached hydrogen (secondary N) is 2. The molecule has 0 atom stereocenters. The monoisotopic (exact) mass is 428 g/mol. The number of anilines is 3. The van der Waals surface area contributed by atoms with Crippen molar-refractivity contribution in [1.82, 2.24) is 19.3 Å². The summed E-state index contributed by atoms with van der Waals surface area (Å²) in [6.45, 7) is 8.86. The molecule has 2 N–H and O–H groups in total. The highest BCUT2D eigenvalue weighted by Crippen LogP contribution is 2.28. The van der Waals surface area contributed by atoms with Gasteiger partial charge in [0.15, 0.2) is 5.65 Å². The molecule has 1 saturated heterocycles. The first-order valence-electron chi connectivity index (χ1n) is 11.1. The molecule has 32 heavy (non-hydrogen) atoms. The zero-order valence-electron chi connectivity index (χ0n) is 18.5. The number of pyridine rings is 2. The number of piperazine rings is 1. The van der Waals surface area contributed by atoms with Gasteiger partial charge < -0.3 is 15.2 Å². The second-order valence-electron chi connectivity index (χ2n) is 8.48. The lowest BCUT2D eigenvalue weighted by atomic mass is 10.1. The van der Waals surface area contributed by atoms with Gasteiger partial charge in [-0.3, -0.25) is 14.1 Å². The highest BCUT2D eigenvalue weighted by Gasteiger charge is 2.19. The van der Waals surface area contributed by atoms with Crippen molar-refractivity contribution in [2.24, 2.45) is 0 Å². The van der Waals surface area contributed by atoms with Crippen LogP contribution in [-0.2, 0) is 0 Å². The fourth-order valence-corrected chi connectivity index (χ4v) is 4.36. The van der Waals surface area contributed by atoms with Gasteiger partial charge in [-0.1, -0.05) is 0 Å². The second-order valence-corrected chi connectivity index (χ2v) is 8.48. The number of benzene rings is 1. The van der Waals surface area contributed by atoms with Crippen LogP contribution in [0.2, 0.25) is 0 Å². The fourth-order valence-electron chi connectivity index (χ4n) is 4.36. The maximum absolute atomic E-state index is 11.7. The largest absolute Gasteiger partial charge is 0.369 e. The summed E-state index contributed by atoms with van der Waals surface area (Å²) >= 11 is 0. The first-order chi connectivity index (χ1) is 15.6. The lowest BCUT2D eigenvalue weighted by Gasteiger charge is -2.38. The average Bonchev–Trinajstić information content (AvgIpc) is 3.30. The Hall–Kier alpha value is -3.58. The van der Waals surface area contributed by atoms with Gasteiger partial charge in [-0.2, -0.15) is 0 Å². The molecular formula is C25H28N6O. The van der Waals surface area contributed by atoms with E-state index in [1.54, 1.807) is 18.5 Å². The Morgan fingerprint density at radius 3 is 2.50 bits per heavy atom. The van der Waals surface area contributed by atoms with Crippen molar-refractivity contribution < 1.29 is 0 Å². The third-order valence-electron chi connectivity index (χ3n) is 6.18. The molecule has 4 heterocycles. The van der Waals surface area contributed by atoms with Gasteiger partial charge >= 0.3 is 0 Å². The molecule has 1 fully saturated rings. The van der Waals surface area contributed by atoms with Crippen molar-refractivity contribution in [2.45, 2.75) is 19.9 Å². The SMILES string of the molecule is CC(C)N1CCN(c2ccc(Nc3ccc(-c4cc[nH]c(=O)c4)n4ccnc34)cc2)CC1. The van der Waals surface area contributed by atoms with Crippen LogP contribution in [0, 0.1) is 0 Å². The van der Waals surface area contributed by atoms with Crippen molar-refractivity contribution >= 4 is 22.7 Å². The van der Waals surface area contributed by atoms with Crippen molar-refractivity contribution in [2.75, 3.05) is 36.4 Å². The minimum absolute atomic E-state index is 0.122. The van der Waals surface area contributed by atoms with Crippen LogP contribution in [0.1, 0.15) is 13.8 Å². The van der Waals surface area contributed by atoms with Gasteiger partial charge in [-0.25, -0.2) is 4.98 Å². The number of H-pyrrole nitrogens is 1. The van der Waals surface area contributed by atoms with E-state index in [2.05, 4.69) is 63.2 Å². The Morgan fingerprint density at radius 1 is 1.00 bits per heavy atom. The number of rotatable bonds is 5. The molecule has 0 spiro atoms. The molecule has 0 bridgehead atoms. The van der Waals surface area contributed by atoms with E-state index in [4.69, 9.17) is 0 Å². The van der Waals surface area contributed by atoms with E-state index < -0.39 is 0 Å². The predicted octanol–water partition coefficient (Wildman–Crippen LogP) is 3.96. The molecule has 0 saturated carbocycles. The van der Waals surface area contributed by atoms with Crippen LogP contribution in [0.5, 0.6) is 0 Å². The van der Waals surface area contributed by atoms with Gasteiger partial charge in [0.2, 0.25) is 5.56 Å². The van der Waals surface area contributed by atoms with E-state index in [1.165, 1.54) is 5.69 Å². The molecule has 0 aliphatic carbocycles. The van der Waals surface area contributed by atoms with Crippen LogP contribution >= 0.6 is 0 Å². The highest BCUT2D eigenvalue weighted by atomic mass is 16.1. The topological polar surface area (TPSA) is 68.7 Å². The standard InChI is InChI=1S/C25H28N6O/c1-18(2)29-13-15-30(16-14-29)21-5-3-20(4-6-21)28-22-7-8-23(31-12-11-27-25(22)31)19-9-10-26-24(32)17-19/h3-12,17-18,28H,13-16H2,1-2H3,(H,26,32). The van der Waals surface area contributed by atoms with Gasteiger partial charge in [0.25, 0.3) is 0 Å². The normalized spacial score (nSPS) is 14.9. The van der Waals surface area contributed by atoms with E-state index in [1.807, 2.05) is 28.8 Å². The summed E-state index contributed by atoms with van der Waals surface area (Å²) in [6.07, 6.45) is 5.35. The number of fused-ring (bicyclic) bond motifs is 1. The molecule has 5 rings (SSSR count). The molecule has 4 aromatic rings. The third kappa shape index (κ3) is 3.99. The molecule has 0 radical (unpaired) electrons. The zero-order valence-corrected chi connectivity index (χ0v) is 18.5. The Balaban J connectivity index is 1.35. The number of hydrogen-bond acceptors (Lipinski definition) is 5. The van der Waals surface area contributed by atoms with E-state index in [0.29, 0.717) is 6.04 Å². The van der Waals surface area contributed by atoms with Crippen molar-refractivity contribution in [3.8, 4) is 11.3 Å².